The number of benzene rings is 2. The average molecular weight is 346 g/mol. The maximum Gasteiger partial charge on any atom is 0.130 e. The van der Waals surface area contributed by atoms with E-state index in [1.165, 1.54) is 6.07 Å². The molecular weight excluding hydrogens is 335 g/mol. The molecule has 0 aliphatic heterocycles. The Morgan fingerprint density at radius 3 is 2.74 bits per heavy atom. The SMILES string of the molecule is OCc1c(Cl)cccc1OCc1ccc(Br)cc1F. The number of hydrogen-bond donors (Lipinski definition) is 1. The van der Waals surface area contributed by atoms with Crippen molar-refractivity contribution in [1.29, 1.82) is 0 Å². The Balaban J connectivity index is 2.17. The van der Waals surface area contributed by atoms with Crippen molar-refractivity contribution in [3.63, 3.8) is 0 Å². The van der Waals surface area contributed by atoms with Gasteiger partial charge in [-0.15, -0.1) is 0 Å². The molecule has 0 heterocycles. The van der Waals surface area contributed by atoms with Crippen molar-refractivity contribution in [2.24, 2.45) is 0 Å². The number of halogens is 3. The summed E-state index contributed by atoms with van der Waals surface area (Å²) < 4.78 is 19.8. The molecule has 0 aromatic heterocycles. The van der Waals surface area contributed by atoms with Crippen molar-refractivity contribution < 1.29 is 14.2 Å². The lowest BCUT2D eigenvalue weighted by Gasteiger charge is -2.11. The van der Waals surface area contributed by atoms with Gasteiger partial charge in [-0.25, -0.2) is 4.39 Å². The smallest absolute Gasteiger partial charge is 0.130 e. The second-order valence-corrected chi connectivity index (χ2v) is 5.22. The van der Waals surface area contributed by atoms with Crippen LogP contribution in [0.5, 0.6) is 5.75 Å². The van der Waals surface area contributed by atoms with Gasteiger partial charge >= 0.3 is 0 Å². The molecule has 2 aromatic carbocycles. The van der Waals surface area contributed by atoms with Crippen LogP contribution in [0.25, 0.3) is 0 Å². The fraction of sp³-hybridized carbons (Fsp3) is 0.143. The fourth-order valence-electron chi connectivity index (χ4n) is 1.62. The predicted octanol–water partition coefficient (Wildman–Crippen LogP) is 4.31. The van der Waals surface area contributed by atoms with E-state index in [1.54, 1.807) is 30.3 Å². The summed E-state index contributed by atoms with van der Waals surface area (Å²) in [6, 6.07) is 9.84. The van der Waals surface area contributed by atoms with Gasteiger partial charge in [-0.3, -0.25) is 0 Å². The number of hydrogen-bond acceptors (Lipinski definition) is 2. The van der Waals surface area contributed by atoms with E-state index in [9.17, 15) is 9.50 Å². The molecule has 0 saturated carbocycles. The predicted molar refractivity (Wildman–Crippen MR) is 75.8 cm³/mol. The Morgan fingerprint density at radius 2 is 2.05 bits per heavy atom. The molecule has 0 unspecified atom stereocenters. The molecule has 19 heavy (non-hydrogen) atoms. The molecule has 0 amide bonds. The van der Waals surface area contributed by atoms with E-state index in [0.717, 1.165) is 0 Å². The molecule has 5 heteroatoms. The van der Waals surface area contributed by atoms with Crippen molar-refractivity contribution >= 4 is 27.5 Å². The van der Waals surface area contributed by atoms with Crippen LogP contribution in [0.15, 0.2) is 40.9 Å². The first-order chi connectivity index (χ1) is 9.11. The fourth-order valence-corrected chi connectivity index (χ4v) is 2.18. The highest BCUT2D eigenvalue weighted by Gasteiger charge is 2.09. The van der Waals surface area contributed by atoms with Crippen LogP contribution in [0.2, 0.25) is 5.02 Å². The summed E-state index contributed by atoms with van der Waals surface area (Å²) in [5.74, 6) is 0.110. The standard InChI is InChI=1S/C14H11BrClFO2/c15-10-5-4-9(13(17)6-10)8-19-14-3-1-2-12(16)11(14)7-18/h1-6,18H,7-8H2. The summed E-state index contributed by atoms with van der Waals surface area (Å²) in [6.07, 6.45) is 0. The van der Waals surface area contributed by atoms with Gasteiger partial charge in [0.1, 0.15) is 18.2 Å². The van der Waals surface area contributed by atoms with Gasteiger partial charge in [-0.1, -0.05) is 39.7 Å². The van der Waals surface area contributed by atoms with E-state index in [1.807, 2.05) is 0 Å². The monoisotopic (exact) mass is 344 g/mol. The Kier molecular flexibility index (Phi) is 4.80. The van der Waals surface area contributed by atoms with Crippen LogP contribution in [-0.2, 0) is 13.2 Å². The molecule has 100 valence electrons. The van der Waals surface area contributed by atoms with Crippen molar-refractivity contribution in [3.8, 4) is 5.75 Å². The lowest BCUT2D eigenvalue weighted by molar-refractivity contribution is 0.257. The van der Waals surface area contributed by atoms with E-state index in [0.29, 0.717) is 26.4 Å². The van der Waals surface area contributed by atoms with Gasteiger partial charge in [0.2, 0.25) is 0 Å². The van der Waals surface area contributed by atoms with Crippen LogP contribution in [-0.4, -0.2) is 5.11 Å². The minimum absolute atomic E-state index is 0.0758. The Labute approximate surface area is 123 Å². The van der Waals surface area contributed by atoms with Gasteiger partial charge in [-0.05, 0) is 24.3 Å². The average Bonchev–Trinajstić information content (AvgIpc) is 2.38. The third kappa shape index (κ3) is 3.47. The van der Waals surface area contributed by atoms with E-state index in [2.05, 4.69) is 15.9 Å². The Morgan fingerprint density at radius 1 is 1.26 bits per heavy atom. The zero-order chi connectivity index (χ0) is 13.8. The molecular formula is C14H11BrClFO2. The molecule has 0 aliphatic rings. The third-order valence-corrected chi connectivity index (χ3v) is 3.48. The van der Waals surface area contributed by atoms with Gasteiger partial charge in [-0.2, -0.15) is 0 Å². The molecule has 2 nitrogen and oxygen atoms in total. The molecule has 0 saturated heterocycles. The zero-order valence-electron chi connectivity index (χ0n) is 9.87. The van der Waals surface area contributed by atoms with E-state index in [4.69, 9.17) is 16.3 Å². The number of ether oxygens (including phenoxy) is 1. The largest absolute Gasteiger partial charge is 0.488 e. The van der Waals surface area contributed by atoms with Crippen LogP contribution < -0.4 is 4.74 Å². The third-order valence-electron chi connectivity index (χ3n) is 2.63. The van der Waals surface area contributed by atoms with Crippen LogP contribution in [0.4, 0.5) is 4.39 Å². The van der Waals surface area contributed by atoms with Crippen molar-refractivity contribution in [1.82, 2.24) is 0 Å². The highest BCUT2D eigenvalue weighted by atomic mass is 79.9. The van der Waals surface area contributed by atoms with Crippen LogP contribution in [0.1, 0.15) is 11.1 Å². The minimum Gasteiger partial charge on any atom is -0.488 e. The maximum atomic E-state index is 13.6. The first-order valence-electron chi connectivity index (χ1n) is 5.57. The summed E-state index contributed by atoms with van der Waals surface area (Å²) in [6.45, 7) is -0.149. The van der Waals surface area contributed by atoms with Crippen LogP contribution in [0.3, 0.4) is 0 Å². The quantitative estimate of drug-likeness (QED) is 0.894. The summed E-state index contributed by atoms with van der Waals surface area (Å²) in [7, 11) is 0. The molecule has 0 aliphatic carbocycles. The van der Waals surface area contributed by atoms with E-state index >= 15 is 0 Å². The molecule has 0 spiro atoms. The molecule has 0 atom stereocenters. The van der Waals surface area contributed by atoms with E-state index < -0.39 is 0 Å². The first kappa shape index (κ1) is 14.3. The highest BCUT2D eigenvalue weighted by Crippen LogP contribution is 2.27. The number of aliphatic hydroxyl groups is 1. The Hall–Kier alpha value is -1.10. The summed E-state index contributed by atoms with van der Waals surface area (Å²) in [5.41, 5.74) is 0.939. The zero-order valence-corrected chi connectivity index (χ0v) is 12.2. The van der Waals surface area contributed by atoms with Crippen molar-refractivity contribution in [2.45, 2.75) is 13.2 Å². The second-order valence-electron chi connectivity index (χ2n) is 3.90. The van der Waals surface area contributed by atoms with Gasteiger partial charge in [0, 0.05) is 20.6 Å². The maximum absolute atomic E-state index is 13.6. The van der Waals surface area contributed by atoms with Crippen molar-refractivity contribution in [3.05, 3.63) is 62.8 Å². The summed E-state index contributed by atoms with van der Waals surface area (Å²) in [4.78, 5) is 0. The van der Waals surface area contributed by atoms with Gasteiger partial charge < -0.3 is 9.84 Å². The number of rotatable bonds is 4. The summed E-state index contributed by atoms with van der Waals surface area (Å²) in [5, 5.41) is 9.67. The molecule has 0 fully saturated rings. The molecule has 2 rings (SSSR count). The molecule has 0 bridgehead atoms. The molecule has 0 radical (unpaired) electrons. The molecule has 2 aromatic rings. The lowest BCUT2D eigenvalue weighted by Crippen LogP contribution is -2.01. The summed E-state index contributed by atoms with van der Waals surface area (Å²) >= 11 is 9.14. The van der Waals surface area contributed by atoms with Gasteiger partial charge in [0.05, 0.1) is 6.61 Å². The van der Waals surface area contributed by atoms with Gasteiger partial charge in [0.25, 0.3) is 0 Å². The normalized spacial score (nSPS) is 10.5. The highest BCUT2D eigenvalue weighted by molar-refractivity contribution is 9.10. The van der Waals surface area contributed by atoms with Gasteiger partial charge in [0.15, 0.2) is 0 Å². The van der Waals surface area contributed by atoms with Crippen molar-refractivity contribution in [2.75, 3.05) is 0 Å². The Bertz CT molecular complexity index is 590. The number of aliphatic hydroxyl groups excluding tert-OH is 1. The second kappa shape index (κ2) is 6.37. The van der Waals surface area contributed by atoms with Crippen LogP contribution in [0, 0.1) is 5.82 Å². The first-order valence-corrected chi connectivity index (χ1v) is 6.74. The van der Waals surface area contributed by atoms with E-state index in [-0.39, 0.29) is 19.0 Å². The van der Waals surface area contributed by atoms with Crippen LogP contribution >= 0.6 is 27.5 Å². The molecule has 1 N–H and O–H groups in total. The lowest BCUT2D eigenvalue weighted by atomic mass is 10.2. The minimum atomic E-state index is -0.345. The topological polar surface area (TPSA) is 29.5 Å².